The molecule has 4 heteroatoms. The molecule has 1 aliphatic rings. The zero-order valence-corrected chi connectivity index (χ0v) is 8.52. The van der Waals surface area contributed by atoms with Crippen molar-refractivity contribution in [1.29, 1.82) is 0 Å². The molecule has 2 N–H and O–H groups in total. The molecular formula is C10H17N3O. The molecule has 0 saturated heterocycles. The Labute approximate surface area is 84.0 Å². The molecule has 0 bridgehead atoms. The summed E-state index contributed by atoms with van der Waals surface area (Å²) in [5, 5.41) is 4.24. The Kier molecular flexibility index (Phi) is 2.72. The van der Waals surface area contributed by atoms with Crippen LogP contribution in [0.25, 0.3) is 0 Å². The molecule has 0 aromatic carbocycles. The Morgan fingerprint density at radius 2 is 2.14 bits per heavy atom. The van der Waals surface area contributed by atoms with Crippen molar-refractivity contribution in [2.24, 2.45) is 0 Å². The van der Waals surface area contributed by atoms with Gasteiger partial charge in [-0.2, -0.15) is 5.10 Å². The van der Waals surface area contributed by atoms with E-state index in [1.54, 1.807) is 13.3 Å². The molecule has 1 aromatic rings. The first-order valence-corrected chi connectivity index (χ1v) is 5.13. The lowest BCUT2D eigenvalue weighted by molar-refractivity contribution is 0.0571. The highest BCUT2D eigenvalue weighted by atomic mass is 16.5. The smallest absolute Gasteiger partial charge is 0.121 e. The van der Waals surface area contributed by atoms with E-state index in [9.17, 15) is 0 Å². The summed E-state index contributed by atoms with van der Waals surface area (Å²) in [6.45, 7) is 0. The van der Waals surface area contributed by atoms with Crippen LogP contribution in [0.1, 0.15) is 31.7 Å². The van der Waals surface area contributed by atoms with Crippen molar-refractivity contribution >= 4 is 5.82 Å². The van der Waals surface area contributed by atoms with Crippen molar-refractivity contribution in [3.05, 3.63) is 12.3 Å². The van der Waals surface area contributed by atoms with Gasteiger partial charge in [-0.15, -0.1) is 0 Å². The summed E-state index contributed by atoms with van der Waals surface area (Å²) in [4.78, 5) is 0. The van der Waals surface area contributed by atoms with Gasteiger partial charge in [-0.3, -0.25) is 0 Å². The van der Waals surface area contributed by atoms with Gasteiger partial charge < -0.3 is 10.5 Å². The van der Waals surface area contributed by atoms with E-state index in [4.69, 9.17) is 10.5 Å². The number of anilines is 1. The van der Waals surface area contributed by atoms with E-state index in [1.807, 2.05) is 10.7 Å². The molecule has 2 rings (SSSR count). The van der Waals surface area contributed by atoms with Crippen LogP contribution in [-0.4, -0.2) is 23.0 Å². The molecular weight excluding hydrogens is 178 g/mol. The molecule has 1 aliphatic carbocycles. The van der Waals surface area contributed by atoms with Crippen molar-refractivity contribution in [1.82, 2.24) is 9.78 Å². The van der Waals surface area contributed by atoms with Crippen LogP contribution in [0.4, 0.5) is 5.82 Å². The third-order valence-electron chi connectivity index (χ3n) is 3.02. The Balaban J connectivity index is 1.99. The number of hydrogen-bond acceptors (Lipinski definition) is 3. The summed E-state index contributed by atoms with van der Waals surface area (Å²) < 4.78 is 7.26. The van der Waals surface area contributed by atoms with E-state index in [1.165, 1.54) is 0 Å². The third kappa shape index (κ3) is 1.75. The van der Waals surface area contributed by atoms with Crippen LogP contribution < -0.4 is 5.73 Å². The second kappa shape index (κ2) is 4.00. The van der Waals surface area contributed by atoms with E-state index in [0.717, 1.165) is 31.5 Å². The first-order chi connectivity index (χ1) is 6.81. The highest BCUT2D eigenvalue weighted by Crippen LogP contribution is 2.30. The monoisotopic (exact) mass is 195 g/mol. The number of methoxy groups -OCH3 is 1. The van der Waals surface area contributed by atoms with Crippen LogP contribution in [0.5, 0.6) is 0 Å². The van der Waals surface area contributed by atoms with Crippen LogP contribution in [0, 0.1) is 0 Å². The van der Waals surface area contributed by atoms with E-state index < -0.39 is 0 Å². The standard InChI is InChI=1S/C10H17N3O/c1-14-9-4-2-8(3-5-9)13-10(11)6-7-12-13/h6-9H,2-5,11H2,1H3. The van der Waals surface area contributed by atoms with Crippen molar-refractivity contribution in [2.45, 2.75) is 37.8 Å². The molecule has 0 unspecified atom stereocenters. The third-order valence-corrected chi connectivity index (χ3v) is 3.02. The summed E-state index contributed by atoms with van der Waals surface area (Å²) in [6, 6.07) is 2.32. The maximum Gasteiger partial charge on any atom is 0.121 e. The van der Waals surface area contributed by atoms with Crippen molar-refractivity contribution in [3.8, 4) is 0 Å². The number of nitrogen functional groups attached to an aromatic ring is 1. The average Bonchev–Trinajstić information content (AvgIpc) is 2.65. The topological polar surface area (TPSA) is 53.1 Å². The molecule has 1 heterocycles. The summed E-state index contributed by atoms with van der Waals surface area (Å²) in [6.07, 6.45) is 6.65. The second-order valence-corrected chi connectivity index (χ2v) is 3.87. The normalized spacial score (nSPS) is 27.8. The molecule has 14 heavy (non-hydrogen) atoms. The highest BCUT2D eigenvalue weighted by molar-refractivity contribution is 5.26. The number of ether oxygens (including phenoxy) is 1. The molecule has 0 amide bonds. The van der Waals surface area contributed by atoms with Crippen LogP contribution in [0.3, 0.4) is 0 Å². The Bertz CT molecular complexity index is 289. The van der Waals surface area contributed by atoms with Crippen LogP contribution >= 0.6 is 0 Å². The van der Waals surface area contributed by atoms with Gasteiger partial charge >= 0.3 is 0 Å². The molecule has 0 atom stereocenters. The predicted molar refractivity (Wildman–Crippen MR) is 54.9 cm³/mol. The summed E-state index contributed by atoms with van der Waals surface area (Å²) in [5.41, 5.74) is 5.81. The maximum atomic E-state index is 5.81. The van der Waals surface area contributed by atoms with Gasteiger partial charge in [-0.25, -0.2) is 4.68 Å². The van der Waals surface area contributed by atoms with Crippen LogP contribution in [0.2, 0.25) is 0 Å². The van der Waals surface area contributed by atoms with E-state index in [0.29, 0.717) is 12.1 Å². The lowest BCUT2D eigenvalue weighted by Crippen LogP contribution is -2.24. The number of nitrogens with two attached hydrogens (primary N) is 1. The van der Waals surface area contributed by atoms with E-state index in [2.05, 4.69) is 5.10 Å². The molecule has 1 aromatic heterocycles. The molecule has 1 saturated carbocycles. The maximum absolute atomic E-state index is 5.81. The van der Waals surface area contributed by atoms with Crippen LogP contribution in [0.15, 0.2) is 12.3 Å². The second-order valence-electron chi connectivity index (χ2n) is 3.87. The van der Waals surface area contributed by atoms with E-state index in [-0.39, 0.29) is 0 Å². The molecule has 0 aliphatic heterocycles. The van der Waals surface area contributed by atoms with Gasteiger partial charge in [0.2, 0.25) is 0 Å². The largest absolute Gasteiger partial charge is 0.384 e. The Morgan fingerprint density at radius 1 is 1.43 bits per heavy atom. The quantitative estimate of drug-likeness (QED) is 0.779. The van der Waals surface area contributed by atoms with Gasteiger partial charge in [0.25, 0.3) is 0 Å². The first kappa shape index (κ1) is 9.52. The van der Waals surface area contributed by atoms with Crippen LogP contribution in [-0.2, 0) is 4.74 Å². The Hall–Kier alpha value is -1.03. The fourth-order valence-electron chi connectivity index (χ4n) is 2.16. The number of rotatable bonds is 2. The molecule has 4 nitrogen and oxygen atoms in total. The number of aromatic nitrogens is 2. The first-order valence-electron chi connectivity index (χ1n) is 5.13. The van der Waals surface area contributed by atoms with Gasteiger partial charge in [0.15, 0.2) is 0 Å². The van der Waals surface area contributed by atoms with Gasteiger partial charge in [-0.05, 0) is 31.7 Å². The molecule has 78 valence electrons. The van der Waals surface area contributed by atoms with Gasteiger partial charge in [0.05, 0.1) is 18.3 Å². The molecule has 0 radical (unpaired) electrons. The number of nitrogens with zero attached hydrogens (tertiary/aromatic N) is 2. The Morgan fingerprint density at radius 3 is 2.64 bits per heavy atom. The zero-order valence-electron chi connectivity index (χ0n) is 8.52. The highest BCUT2D eigenvalue weighted by Gasteiger charge is 2.23. The predicted octanol–water partition coefficient (Wildman–Crippen LogP) is 1.60. The average molecular weight is 195 g/mol. The minimum absolute atomic E-state index is 0.433. The lowest BCUT2D eigenvalue weighted by Gasteiger charge is -2.28. The van der Waals surface area contributed by atoms with Gasteiger partial charge in [-0.1, -0.05) is 0 Å². The van der Waals surface area contributed by atoms with Gasteiger partial charge in [0, 0.05) is 7.11 Å². The fraction of sp³-hybridized carbons (Fsp3) is 0.700. The summed E-state index contributed by atoms with van der Waals surface area (Å²) >= 11 is 0. The van der Waals surface area contributed by atoms with Crippen molar-refractivity contribution < 1.29 is 4.74 Å². The van der Waals surface area contributed by atoms with Crippen molar-refractivity contribution in [3.63, 3.8) is 0 Å². The number of hydrogen-bond donors (Lipinski definition) is 1. The SMILES string of the molecule is COC1CCC(n2nccc2N)CC1. The lowest BCUT2D eigenvalue weighted by atomic mass is 9.93. The summed E-state index contributed by atoms with van der Waals surface area (Å²) in [7, 11) is 1.78. The summed E-state index contributed by atoms with van der Waals surface area (Å²) in [5.74, 6) is 0.769. The van der Waals surface area contributed by atoms with E-state index >= 15 is 0 Å². The fourth-order valence-corrected chi connectivity index (χ4v) is 2.16. The molecule has 0 spiro atoms. The molecule has 1 fully saturated rings. The van der Waals surface area contributed by atoms with Crippen molar-refractivity contribution in [2.75, 3.05) is 12.8 Å². The minimum Gasteiger partial charge on any atom is -0.384 e. The zero-order chi connectivity index (χ0) is 9.97. The minimum atomic E-state index is 0.433. The van der Waals surface area contributed by atoms with Gasteiger partial charge in [0.1, 0.15) is 5.82 Å².